The van der Waals surface area contributed by atoms with Crippen LogP contribution in [0.3, 0.4) is 0 Å². The quantitative estimate of drug-likeness (QED) is 0.742. The Bertz CT molecular complexity index is 411. The maximum absolute atomic E-state index is 5.78. The molecule has 0 N–H and O–H groups in total. The van der Waals surface area contributed by atoms with Crippen LogP contribution in [-0.4, -0.2) is 14.5 Å². The molecule has 0 unspecified atom stereocenters. The van der Waals surface area contributed by atoms with Gasteiger partial charge >= 0.3 is 0 Å². The van der Waals surface area contributed by atoms with Gasteiger partial charge in [-0.15, -0.1) is 11.6 Å². The third-order valence-corrected chi connectivity index (χ3v) is 2.60. The molecule has 0 aliphatic rings. The maximum atomic E-state index is 5.78. The van der Waals surface area contributed by atoms with Crippen molar-refractivity contribution in [1.29, 1.82) is 0 Å². The van der Waals surface area contributed by atoms with E-state index in [0.29, 0.717) is 5.88 Å². The highest BCUT2D eigenvalue weighted by atomic mass is 35.5. The van der Waals surface area contributed by atoms with Gasteiger partial charge in [-0.2, -0.15) is 0 Å². The van der Waals surface area contributed by atoms with Gasteiger partial charge in [0.1, 0.15) is 0 Å². The maximum Gasteiger partial charge on any atom is 0.0948 e. The Labute approximate surface area is 93.7 Å². The number of hydrogen-bond donors (Lipinski definition) is 0. The van der Waals surface area contributed by atoms with Crippen molar-refractivity contribution in [3.05, 3.63) is 48.3 Å². The van der Waals surface area contributed by atoms with Crippen LogP contribution in [0.1, 0.15) is 11.3 Å². The van der Waals surface area contributed by atoms with Gasteiger partial charge in [0, 0.05) is 25.1 Å². The van der Waals surface area contributed by atoms with Gasteiger partial charge in [-0.3, -0.25) is 4.98 Å². The van der Waals surface area contributed by atoms with E-state index in [9.17, 15) is 0 Å². The molecule has 4 heteroatoms. The summed E-state index contributed by atoms with van der Waals surface area (Å²) < 4.78 is 2.08. The van der Waals surface area contributed by atoms with E-state index in [1.165, 1.54) is 5.56 Å². The SMILES string of the molecule is ClCc1cncn1CCc1ccncc1. The minimum absolute atomic E-state index is 0.510. The Morgan fingerprint density at radius 2 is 2.00 bits per heavy atom. The first-order valence-corrected chi connectivity index (χ1v) is 5.37. The van der Waals surface area contributed by atoms with Gasteiger partial charge in [0.2, 0.25) is 0 Å². The van der Waals surface area contributed by atoms with Crippen LogP contribution >= 0.6 is 11.6 Å². The van der Waals surface area contributed by atoms with Crippen molar-refractivity contribution < 1.29 is 0 Å². The molecule has 0 amide bonds. The fourth-order valence-corrected chi connectivity index (χ4v) is 1.68. The van der Waals surface area contributed by atoms with Crippen LogP contribution in [0.15, 0.2) is 37.1 Å². The van der Waals surface area contributed by atoms with E-state index in [0.717, 1.165) is 18.7 Å². The average molecular weight is 222 g/mol. The van der Waals surface area contributed by atoms with Crippen LogP contribution in [0.4, 0.5) is 0 Å². The molecule has 0 aliphatic carbocycles. The molecule has 3 nitrogen and oxygen atoms in total. The summed E-state index contributed by atoms with van der Waals surface area (Å²) in [7, 11) is 0. The molecule has 2 aromatic heterocycles. The summed E-state index contributed by atoms with van der Waals surface area (Å²) >= 11 is 5.78. The van der Waals surface area contributed by atoms with Gasteiger partial charge in [-0.1, -0.05) is 0 Å². The first-order valence-electron chi connectivity index (χ1n) is 4.84. The van der Waals surface area contributed by atoms with Gasteiger partial charge < -0.3 is 4.57 Å². The lowest BCUT2D eigenvalue weighted by Gasteiger charge is -2.05. The largest absolute Gasteiger partial charge is 0.333 e. The summed E-state index contributed by atoms with van der Waals surface area (Å²) in [4.78, 5) is 8.06. The normalized spacial score (nSPS) is 10.5. The molecule has 0 saturated heterocycles. The molecular formula is C11H12ClN3. The number of pyridine rings is 1. The second-order valence-electron chi connectivity index (χ2n) is 3.32. The van der Waals surface area contributed by atoms with Crippen LogP contribution < -0.4 is 0 Å². The summed E-state index contributed by atoms with van der Waals surface area (Å²) in [5, 5.41) is 0. The molecular weight excluding hydrogens is 210 g/mol. The van der Waals surface area contributed by atoms with Gasteiger partial charge in [-0.05, 0) is 24.1 Å². The van der Waals surface area contributed by atoms with Crippen LogP contribution in [0, 0.1) is 0 Å². The van der Waals surface area contributed by atoms with Gasteiger partial charge in [-0.25, -0.2) is 4.98 Å². The molecule has 2 heterocycles. The van der Waals surface area contributed by atoms with Crippen LogP contribution in [0.5, 0.6) is 0 Å². The molecule has 0 fully saturated rings. The molecule has 0 atom stereocenters. The van der Waals surface area contributed by atoms with Crippen LogP contribution in [0.25, 0.3) is 0 Å². The van der Waals surface area contributed by atoms with Crippen LogP contribution in [0.2, 0.25) is 0 Å². The number of hydrogen-bond acceptors (Lipinski definition) is 2. The number of halogens is 1. The number of imidazole rings is 1. The van der Waals surface area contributed by atoms with E-state index in [-0.39, 0.29) is 0 Å². The highest BCUT2D eigenvalue weighted by Gasteiger charge is 2.00. The highest BCUT2D eigenvalue weighted by molar-refractivity contribution is 6.16. The summed E-state index contributed by atoms with van der Waals surface area (Å²) in [6.07, 6.45) is 8.22. The molecule has 15 heavy (non-hydrogen) atoms. The monoisotopic (exact) mass is 221 g/mol. The Morgan fingerprint density at radius 1 is 1.20 bits per heavy atom. The fraction of sp³-hybridized carbons (Fsp3) is 0.273. The van der Waals surface area contributed by atoms with Crippen LogP contribution in [-0.2, 0) is 18.8 Å². The van der Waals surface area contributed by atoms with E-state index < -0.39 is 0 Å². The minimum Gasteiger partial charge on any atom is -0.333 e. The second kappa shape index (κ2) is 4.94. The second-order valence-corrected chi connectivity index (χ2v) is 3.58. The Balaban J connectivity index is 1.99. The number of nitrogens with zero attached hydrogens (tertiary/aromatic N) is 3. The Kier molecular flexibility index (Phi) is 3.35. The van der Waals surface area contributed by atoms with Gasteiger partial charge in [0.05, 0.1) is 17.9 Å². The summed E-state index contributed by atoms with van der Waals surface area (Å²) in [6.45, 7) is 0.909. The number of aryl methyl sites for hydroxylation is 2. The van der Waals surface area contributed by atoms with E-state index in [1.54, 1.807) is 6.20 Å². The van der Waals surface area contributed by atoms with Gasteiger partial charge in [0.25, 0.3) is 0 Å². The topological polar surface area (TPSA) is 30.7 Å². The zero-order valence-electron chi connectivity index (χ0n) is 8.31. The number of rotatable bonds is 4. The highest BCUT2D eigenvalue weighted by Crippen LogP contribution is 2.06. The molecule has 0 spiro atoms. The molecule has 78 valence electrons. The standard InChI is InChI=1S/C11H12ClN3/c12-7-11-8-14-9-15(11)6-3-10-1-4-13-5-2-10/h1-2,4-5,8-9H,3,6-7H2. The van der Waals surface area contributed by atoms with Gasteiger partial charge in [0.15, 0.2) is 0 Å². The summed E-state index contributed by atoms with van der Waals surface area (Å²) in [6, 6.07) is 4.05. The van der Waals surface area contributed by atoms with E-state index in [2.05, 4.69) is 14.5 Å². The fourth-order valence-electron chi connectivity index (χ4n) is 1.46. The zero-order valence-corrected chi connectivity index (χ0v) is 9.06. The smallest absolute Gasteiger partial charge is 0.0948 e. The van der Waals surface area contributed by atoms with E-state index in [4.69, 9.17) is 11.6 Å². The third-order valence-electron chi connectivity index (χ3n) is 2.33. The number of aromatic nitrogens is 3. The third kappa shape index (κ3) is 2.57. The first kappa shape index (κ1) is 10.2. The summed E-state index contributed by atoms with van der Waals surface area (Å²) in [5.74, 6) is 0.510. The summed E-state index contributed by atoms with van der Waals surface area (Å²) in [5.41, 5.74) is 2.34. The molecule has 0 aromatic carbocycles. The van der Waals surface area contributed by atoms with Crippen molar-refractivity contribution in [2.75, 3.05) is 0 Å². The number of alkyl halides is 1. The van der Waals surface area contributed by atoms with Crippen molar-refractivity contribution in [3.8, 4) is 0 Å². The van der Waals surface area contributed by atoms with E-state index in [1.807, 2.05) is 30.9 Å². The molecule has 0 bridgehead atoms. The molecule has 0 radical (unpaired) electrons. The molecule has 2 aromatic rings. The van der Waals surface area contributed by atoms with Crippen molar-refractivity contribution >= 4 is 11.6 Å². The molecule has 2 rings (SSSR count). The van der Waals surface area contributed by atoms with Crippen molar-refractivity contribution in [1.82, 2.24) is 14.5 Å². The Morgan fingerprint density at radius 3 is 2.73 bits per heavy atom. The molecule has 0 aliphatic heterocycles. The van der Waals surface area contributed by atoms with Crippen molar-refractivity contribution in [2.45, 2.75) is 18.8 Å². The first-order chi connectivity index (χ1) is 7.40. The predicted octanol–water partition coefficient (Wildman–Crippen LogP) is 2.26. The van der Waals surface area contributed by atoms with Crippen molar-refractivity contribution in [2.24, 2.45) is 0 Å². The average Bonchev–Trinajstić information content (AvgIpc) is 2.75. The lowest BCUT2D eigenvalue weighted by Crippen LogP contribution is -2.03. The zero-order chi connectivity index (χ0) is 10.5. The predicted molar refractivity (Wildman–Crippen MR) is 59.7 cm³/mol. The molecule has 0 saturated carbocycles. The lowest BCUT2D eigenvalue weighted by atomic mass is 10.2. The van der Waals surface area contributed by atoms with Crippen molar-refractivity contribution in [3.63, 3.8) is 0 Å². The lowest BCUT2D eigenvalue weighted by molar-refractivity contribution is 0.674. The Hall–Kier alpha value is -1.35. The van der Waals surface area contributed by atoms with E-state index >= 15 is 0 Å². The minimum atomic E-state index is 0.510.